The van der Waals surface area contributed by atoms with Crippen molar-refractivity contribution in [2.75, 3.05) is 45.2 Å². The summed E-state index contributed by atoms with van der Waals surface area (Å²) in [4.78, 5) is 33.2. The summed E-state index contributed by atoms with van der Waals surface area (Å²) < 4.78 is 23.9. The minimum Gasteiger partial charge on any atom is -0.496 e. The second-order valence-corrected chi connectivity index (χ2v) is 9.78. The predicted octanol–water partition coefficient (Wildman–Crippen LogP) is 2.57. The van der Waals surface area contributed by atoms with Gasteiger partial charge in [-0.15, -0.1) is 0 Å². The number of rotatable bonds is 9. The summed E-state index contributed by atoms with van der Waals surface area (Å²) in [5, 5.41) is 16.2. The molecule has 2 heterocycles. The van der Waals surface area contributed by atoms with Crippen molar-refractivity contribution in [3.8, 4) is 17.1 Å². The number of carbonyl (C=O) groups excluding carboxylic acids is 2. The zero-order chi connectivity index (χ0) is 27.3. The molecule has 3 N–H and O–H groups in total. The molecule has 38 heavy (non-hydrogen) atoms. The average molecular weight is 526 g/mol. The number of piperazine rings is 1. The Balaban J connectivity index is 1.27. The Morgan fingerprint density at radius 3 is 2.50 bits per heavy atom. The van der Waals surface area contributed by atoms with E-state index >= 15 is 0 Å². The van der Waals surface area contributed by atoms with Crippen LogP contribution in [0.4, 0.5) is 10.1 Å². The smallest absolute Gasteiger partial charge is 0.270 e. The molecule has 4 rings (SSSR count). The van der Waals surface area contributed by atoms with Crippen LogP contribution in [0, 0.1) is 5.82 Å². The first-order valence-corrected chi connectivity index (χ1v) is 12.3. The van der Waals surface area contributed by atoms with Gasteiger partial charge in [-0.3, -0.25) is 14.5 Å². The van der Waals surface area contributed by atoms with Crippen molar-refractivity contribution in [1.29, 1.82) is 0 Å². The lowest BCUT2D eigenvalue weighted by Crippen LogP contribution is -2.58. The van der Waals surface area contributed by atoms with Gasteiger partial charge in [0, 0.05) is 55.6 Å². The summed E-state index contributed by atoms with van der Waals surface area (Å²) >= 11 is 0. The second-order valence-electron chi connectivity index (χ2n) is 9.78. The van der Waals surface area contributed by atoms with Gasteiger partial charge in [0.05, 0.1) is 18.9 Å². The van der Waals surface area contributed by atoms with Gasteiger partial charge in [0.15, 0.2) is 12.2 Å². The van der Waals surface area contributed by atoms with Crippen LogP contribution < -0.4 is 15.4 Å². The van der Waals surface area contributed by atoms with Gasteiger partial charge in [-0.1, -0.05) is 0 Å². The molecule has 1 aliphatic heterocycles. The Morgan fingerprint density at radius 1 is 1.16 bits per heavy atom. The van der Waals surface area contributed by atoms with Gasteiger partial charge in [-0.05, 0) is 50.2 Å². The number of anilines is 1. The maximum absolute atomic E-state index is 13.2. The van der Waals surface area contributed by atoms with Crippen LogP contribution in [-0.2, 0) is 4.79 Å². The van der Waals surface area contributed by atoms with Crippen LogP contribution in [0.1, 0.15) is 24.2 Å². The summed E-state index contributed by atoms with van der Waals surface area (Å²) in [6.07, 6.45) is 1.41. The van der Waals surface area contributed by atoms with Gasteiger partial charge >= 0.3 is 0 Å². The number of methoxy groups -OCH3 is 1. The Bertz CT molecular complexity index is 1240. The second kappa shape index (κ2) is 11.6. The van der Waals surface area contributed by atoms with Crippen molar-refractivity contribution in [2.45, 2.75) is 25.6 Å². The number of nitrogens with one attached hydrogen (secondary N) is 2. The van der Waals surface area contributed by atoms with Gasteiger partial charge in [-0.2, -0.15) is 0 Å². The SMILES string of the molecule is COc1cc(NC(O)C(=O)NC(C)(C)CN2CCN(C(=O)c3ccc(F)cc3)CC2)ccc1-c1cnco1. The van der Waals surface area contributed by atoms with E-state index in [0.717, 1.165) is 0 Å². The maximum atomic E-state index is 13.2. The molecule has 2 aromatic carbocycles. The number of amides is 2. The minimum atomic E-state index is -1.49. The highest BCUT2D eigenvalue weighted by atomic mass is 19.1. The lowest BCUT2D eigenvalue weighted by atomic mass is 10.0. The van der Waals surface area contributed by atoms with E-state index in [4.69, 9.17) is 9.15 Å². The first-order valence-electron chi connectivity index (χ1n) is 12.3. The van der Waals surface area contributed by atoms with Crippen molar-refractivity contribution in [3.05, 3.63) is 66.4 Å². The summed E-state index contributed by atoms with van der Waals surface area (Å²) in [6.45, 7) is 6.59. The monoisotopic (exact) mass is 525 g/mol. The number of benzene rings is 2. The Labute approximate surface area is 220 Å². The molecular formula is C27H32FN5O5. The van der Waals surface area contributed by atoms with Gasteiger partial charge < -0.3 is 29.8 Å². The molecule has 11 heteroatoms. The van der Waals surface area contributed by atoms with Crippen molar-refractivity contribution < 1.29 is 28.2 Å². The van der Waals surface area contributed by atoms with Crippen molar-refractivity contribution in [1.82, 2.24) is 20.1 Å². The molecule has 2 amide bonds. The molecule has 1 fully saturated rings. The number of hydrogen-bond acceptors (Lipinski definition) is 8. The van der Waals surface area contributed by atoms with Crippen molar-refractivity contribution >= 4 is 17.5 Å². The number of nitrogens with zero attached hydrogens (tertiary/aromatic N) is 3. The molecule has 1 aromatic heterocycles. The van der Waals surface area contributed by atoms with Crippen LogP contribution in [-0.4, -0.2) is 83.3 Å². The number of aromatic nitrogens is 1. The molecular weight excluding hydrogens is 493 g/mol. The Kier molecular flexibility index (Phi) is 8.28. The van der Waals surface area contributed by atoms with Crippen molar-refractivity contribution in [3.63, 3.8) is 0 Å². The maximum Gasteiger partial charge on any atom is 0.270 e. The van der Waals surface area contributed by atoms with E-state index in [1.165, 1.54) is 37.8 Å². The zero-order valence-electron chi connectivity index (χ0n) is 21.6. The van der Waals surface area contributed by atoms with Crippen LogP contribution in [0.2, 0.25) is 0 Å². The fourth-order valence-electron chi connectivity index (χ4n) is 4.44. The summed E-state index contributed by atoms with van der Waals surface area (Å²) in [5.74, 6) is -0.0439. The number of oxazole rings is 1. The number of ether oxygens (including phenoxy) is 1. The Morgan fingerprint density at radius 2 is 1.87 bits per heavy atom. The fourth-order valence-corrected chi connectivity index (χ4v) is 4.44. The van der Waals surface area contributed by atoms with E-state index < -0.39 is 17.7 Å². The summed E-state index contributed by atoms with van der Waals surface area (Å²) in [7, 11) is 1.52. The van der Waals surface area contributed by atoms with Crippen LogP contribution in [0.15, 0.2) is 59.5 Å². The van der Waals surface area contributed by atoms with Gasteiger partial charge in [-0.25, -0.2) is 9.37 Å². The standard InChI is InChI=1S/C27H32FN5O5/c1-27(2,16-32-10-12-33(13-11-32)26(36)18-4-6-19(28)7-5-18)31-25(35)24(34)30-20-8-9-21(22(14-20)37-3)23-15-29-17-38-23/h4-9,14-15,17,24,30,34H,10-13,16H2,1-3H3,(H,31,35). The number of aliphatic hydroxyl groups is 1. The number of hydrogen-bond donors (Lipinski definition) is 3. The molecule has 0 aliphatic carbocycles. The highest BCUT2D eigenvalue weighted by molar-refractivity contribution is 5.94. The molecule has 0 saturated carbocycles. The van der Waals surface area contributed by atoms with Crippen LogP contribution in [0.3, 0.4) is 0 Å². The van der Waals surface area contributed by atoms with E-state index in [0.29, 0.717) is 61.0 Å². The fraction of sp³-hybridized carbons (Fsp3) is 0.370. The average Bonchev–Trinajstić information content (AvgIpc) is 3.43. The van der Waals surface area contributed by atoms with Crippen LogP contribution in [0.25, 0.3) is 11.3 Å². The largest absolute Gasteiger partial charge is 0.496 e. The van der Waals surface area contributed by atoms with Crippen molar-refractivity contribution in [2.24, 2.45) is 0 Å². The molecule has 0 radical (unpaired) electrons. The van der Waals surface area contributed by atoms with Gasteiger partial charge in [0.2, 0.25) is 6.23 Å². The van der Waals surface area contributed by atoms with E-state index in [2.05, 4.69) is 20.5 Å². The van der Waals surface area contributed by atoms with E-state index in [1.807, 2.05) is 13.8 Å². The van der Waals surface area contributed by atoms with E-state index in [-0.39, 0.29) is 11.7 Å². The summed E-state index contributed by atoms with van der Waals surface area (Å²) in [6, 6.07) is 10.6. The minimum absolute atomic E-state index is 0.128. The predicted molar refractivity (Wildman–Crippen MR) is 139 cm³/mol. The van der Waals surface area contributed by atoms with E-state index in [1.54, 1.807) is 29.3 Å². The Hall–Kier alpha value is -3.96. The molecule has 0 spiro atoms. The van der Waals surface area contributed by atoms with Gasteiger partial charge in [0.25, 0.3) is 11.8 Å². The number of carbonyl (C=O) groups is 2. The molecule has 3 aromatic rings. The zero-order valence-corrected chi connectivity index (χ0v) is 21.6. The molecule has 1 atom stereocenters. The normalized spacial score (nSPS) is 15.1. The third-order valence-electron chi connectivity index (χ3n) is 6.28. The quantitative estimate of drug-likeness (QED) is 0.365. The third-order valence-corrected chi connectivity index (χ3v) is 6.28. The molecule has 0 bridgehead atoms. The van der Waals surface area contributed by atoms with Crippen LogP contribution >= 0.6 is 0 Å². The highest BCUT2D eigenvalue weighted by Gasteiger charge is 2.30. The number of halogens is 1. The topological polar surface area (TPSA) is 120 Å². The lowest BCUT2D eigenvalue weighted by molar-refractivity contribution is -0.129. The molecule has 202 valence electrons. The lowest BCUT2D eigenvalue weighted by Gasteiger charge is -2.39. The third kappa shape index (κ3) is 6.67. The molecule has 10 nitrogen and oxygen atoms in total. The number of aliphatic hydroxyl groups excluding tert-OH is 1. The van der Waals surface area contributed by atoms with E-state index in [9.17, 15) is 19.1 Å². The van der Waals surface area contributed by atoms with Gasteiger partial charge in [0.1, 0.15) is 11.6 Å². The molecule has 1 saturated heterocycles. The highest BCUT2D eigenvalue weighted by Crippen LogP contribution is 2.32. The first-order chi connectivity index (χ1) is 18.1. The molecule has 1 unspecified atom stereocenters. The summed E-state index contributed by atoms with van der Waals surface area (Å²) in [5.41, 5.74) is 0.998. The molecule has 1 aliphatic rings. The first kappa shape index (κ1) is 27.1. The van der Waals surface area contributed by atoms with Crippen LogP contribution in [0.5, 0.6) is 5.75 Å².